The van der Waals surface area contributed by atoms with Gasteiger partial charge in [0, 0.05) is 29.6 Å². The largest absolute Gasteiger partial charge is 0.489 e. The first-order chi connectivity index (χ1) is 17.6. The Balaban J connectivity index is 0.00000109. The third-order valence-corrected chi connectivity index (χ3v) is 5.40. The van der Waals surface area contributed by atoms with Crippen molar-refractivity contribution in [3.8, 4) is 16.9 Å². The van der Waals surface area contributed by atoms with E-state index in [1.807, 2.05) is 76.2 Å². The number of nitrogens with two attached hydrogens (primary N) is 2. The van der Waals surface area contributed by atoms with Crippen LogP contribution in [0.15, 0.2) is 71.3 Å². The Bertz CT molecular complexity index is 1250. The van der Waals surface area contributed by atoms with Crippen molar-refractivity contribution in [3.63, 3.8) is 0 Å². The van der Waals surface area contributed by atoms with Crippen LogP contribution in [0.3, 0.4) is 0 Å². The number of rotatable bonds is 8. The molecule has 0 atom stereocenters. The SMILES string of the molecule is CC.CC.COC(=O)Cc1cc(CN)ccc1OCc1cc(-c2cccc(CN)c2)c2occc2c1. The molecule has 0 unspecified atom stereocenters. The summed E-state index contributed by atoms with van der Waals surface area (Å²) < 4.78 is 16.7. The summed E-state index contributed by atoms with van der Waals surface area (Å²) in [6.45, 7) is 9.19. The molecule has 6 heteroatoms. The molecule has 0 aliphatic heterocycles. The van der Waals surface area contributed by atoms with Gasteiger partial charge in [0.15, 0.2) is 0 Å². The number of carbonyl (C=O) groups excluding carboxylic acids is 1. The molecule has 0 aliphatic carbocycles. The number of ether oxygens (including phenoxy) is 2. The van der Waals surface area contributed by atoms with E-state index in [0.717, 1.165) is 44.3 Å². The number of esters is 1. The first-order valence-corrected chi connectivity index (χ1v) is 12.4. The zero-order chi connectivity index (χ0) is 26.5. The third-order valence-electron chi connectivity index (χ3n) is 5.40. The summed E-state index contributed by atoms with van der Waals surface area (Å²) >= 11 is 0. The van der Waals surface area contributed by atoms with E-state index in [1.54, 1.807) is 6.26 Å². The minimum absolute atomic E-state index is 0.123. The Labute approximate surface area is 214 Å². The van der Waals surface area contributed by atoms with Crippen LogP contribution >= 0.6 is 0 Å². The molecule has 0 spiro atoms. The van der Waals surface area contributed by atoms with Crippen molar-refractivity contribution in [1.29, 1.82) is 0 Å². The Hall–Kier alpha value is -3.61. The van der Waals surface area contributed by atoms with Gasteiger partial charge in [0.1, 0.15) is 17.9 Å². The molecular weight excluding hydrogens is 452 g/mol. The topological polar surface area (TPSA) is 101 Å². The van der Waals surface area contributed by atoms with Gasteiger partial charge in [0.2, 0.25) is 0 Å². The number of hydrogen-bond acceptors (Lipinski definition) is 6. The van der Waals surface area contributed by atoms with Gasteiger partial charge in [0.25, 0.3) is 0 Å². The van der Waals surface area contributed by atoms with Gasteiger partial charge in [-0.05, 0) is 52.6 Å². The van der Waals surface area contributed by atoms with Crippen LogP contribution in [0.1, 0.15) is 49.9 Å². The predicted octanol–water partition coefficient (Wildman–Crippen LogP) is 6.36. The molecule has 4 N–H and O–H groups in total. The molecule has 0 saturated carbocycles. The molecule has 36 heavy (non-hydrogen) atoms. The maximum atomic E-state index is 11.8. The quantitative estimate of drug-likeness (QED) is 0.279. The number of benzene rings is 3. The van der Waals surface area contributed by atoms with Gasteiger partial charge < -0.3 is 25.4 Å². The molecular formula is C30H38N2O4. The molecule has 0 bridgehead atoms. The molecule has 4 rings (SSSR count). The van der Waals surface area contributed by atoms with Crippen LogP contribution in [0.5, 0.6) is 5.75 Å². The molecule has 0 radical (unpaired) electrons. The second kappa shape index (κ2) is 14.7. The molecule has 4 aromatic rings. The van der Waals surface area contributed by atoms with E-state index in [4.69, 9.17) is 25.4 Å². The van der Waals surface area contributed by atoms with Gasteiger partial charge in [-0.15, -0.1) is 0 Å². The van der Waals surface area contributed by atoms with E-state index in [1.165, 1.54) is 7.11 Å². The standard InChI is InChI=1S/C26H26N2O4.2C2H6/c1-30-25(29)13-22-10-18(15-28)5-6-24(22)32-16-19-11-21-7-8-31-26(21)23(12-19)20-4-2-3-17(9-20)14-27;2*1-2/h2-12H,13-16,27-28H2,1H3;2*1-2H3. The van der Waals surface area contributed by atoms with Gasteiger partial charge in [-0.25, -0.2) is 0 Å². The molecule has 1 aromatic heterocycles. The molecule has 192 valence electrons. The number of carbonyl (C=O) groups is 1. The Morgan fingerprint density at radius 1 is 0.861 bits per heavy atom. The lowest BCUT2D eigenvalue weighted by molar-refractivity contribution is -0.139. The number of furan rings is 1. The fourth-order valence-corrected chi connectivity index (χ4v) is 3.74. The molecule has 0 fully saturated rings. The Morgan fingerprint density at radius 2 is 1.58 bits per heavy atom. The second-order valence-electron chi connectivity index (χ2n) is 7.57. The van der Waals surface area contributed by atoms with E-state index in [0.29, 0.717) is 25.4 Å². The smallest absolute Gasteiger partial charge is 0.310 e. The van der Waals surface area contributed by atoms with Crippen molar-refractivity contribution in [2.75, 3.05) is 7.11 Å². The van der Waals surface area contributed by atoms with Crippen molar-refractivity contribution in [2.45, 2.75) is 53.8 Å². The van der Waals surface area contributed by atoms with E-state index in [9.17, 15) is 4.79 Å². The average Bonchev–Trinajstić information content (AvgIpc) is 3.42. The van der Waals surface area contributed by atoms with Crippen molar-refractivity contribution in [2.24, 2.45) is 11.5 Å². The van der Waals surface area contributed by atoms with E-state index >= 15 is 0 Å². The van der Waals surface area contributed by atoms with Crippen LogP contribution in [0.25, 0.3) is 22.1 Å². The third kappa shape index (κ3) is 7.20. The van der Waals surface area contributed by atoms with E-state index < -0.39 is 0 Å². The van der Waals surface area contributed by atoms with Gasteiger partial charge >= 0.3 is 5.97 Å². The van der Waals surface area contributed by atoms with Crippen molar-refractivity contribution >= 4 is 16.9 Å². The summed E-state index contributed by atoms with van der Waals surface area (Å²) in [6.07, 6.45) is 1.81. The normalized spacial score (nSPS) is 10.1. The first kappa shape index (κ1) is 28.6. The van der Waals surface area contributed by atoms with Crippen molar-refractivity contribution < 1.29 is 18.7 Å². The highest BCUT2D eigenvalue weighted by Crippen LogP contribution is 2.32. The fourth-order valence-electron chi connectivity index (χ4n) is 3.74. The lowest BCUT2D eigenvalue weighted by atomic mass is 9.99. The summed E-state index contributed by atoms with van der Waals surface area (Å²) in [4.78, 5) is 11.8. The monoisotopic (exact) mass is 490 g/mol. The second-order valence-corrected chi connectivity index (χ2v) is 7.57. The fraction of sp³-hybridized carbons (Fsp3) is 0.300. The number of hydrogen-bond donors (Lipinski definition) is 2. The number of methoxy groups -OCH3 is 1. The molecule has 0 amide bonds. The maximum absolute atomic E-state index is 11.8. The highest BCUT2D eigenvalue weighted by molar-refractivity contribution is 5.93. The van der Waals surface area contributed by atoms with Crippen LogP contribution < -0.4 is 16.2 Å². The summed E-state index contributed by atoms with van der Waals surface area (Å²) in [5, 5.41) is 0.993. The Kier molecular flexibility index (Phi) is 11.7. The van der Waals surface area contributed by atoms with Crippen LogP contribution in [0, 0.1) is 0 Å². The van der Waals surface area contributed by atoms with Crippen LogP contribution in [0.2, 0.25) is 0 Å². The average molecular weight is 491 g/mol. The summed E-state index contributed by atoms with van der Waals surface area (Å²) in [5.74, 6) is 0.303. The highest BCUT2D eigenvalue weighted by atomic mass is 16.5. The van der Waals surface area contributed by atoms with E-state index in [2.05, 4.69) is 12.1 Å². The van der Waals surface area contributed by atoms with Gasteiger partial charge in [0.05, 0.1) is 19.8 Å². The number of fused-ring (bicyclic) bond motifs is 1. The van der Waals surface area contributed by atoms with Gasteiger partial charge in [-0.1, -0.05) is 58.0 Å². The van der Waals surface area contributed by atoms with Crippen LogP contribution in [-0.4, -0.2) is 13.1 Å². The van der Waals surface area contributed by atoms with Gasteiger partial charge in [-0.2, -0.15) is 0 Å². The van der Waals surface area contributed by atoms with Crippen molar-refractivity contribution in [1.82, 2.24) is 0 Å². The van der Waals surface area contributed by atoms with E-state index in [-0.39, 0.29) is 12.4 Å². The zero-order valence-electron chi connectivity index (χ0n) is 22.0. The van der Waals surface area contributed by atoms with Crippen molar-refractivity contribution in [3.05, 3.63) is 89.2 Å². The summed E-state index contributed by atoms with van der Waals surface area (Å²) in [7, 11) is 1.37. The lowest BCUT2D eigenvalue weighted by Crippen LogP contribution is -2.08. The first-order valence-electron chi connectivity index (χ1n) is 12.4. The van der Waals surface area contributed by atoms with Crippen LogP contribution in [-0.2, 0) is 35.6 Å². The lowest BCUT2D eigenvalue weighted by Gasteiger charge is -2.14. The minimum Gasteiger partial charge on any atom is -0.489 e. The minimum atomic E-state index is -0.328. The van der Waals surface area contributed by atoms with Gasteiger partial charge in [-0.3, -0.25) is 4.79 Å². The predicted molar refractivity (Wildman–Crippen MR) is 147 cm³/mol. The zero-order valence-corrected chi connectivity index (χ0v) is 22.0. The molecule has 6 nitrogen and oxygen atoms in total. The summed E-state index contributed by atoms with van der Waals surface area (Å²) in [6, 6.07) is 19.8. The molecule has 3 aromatic carbocycles. The Morgan fingerprint density at radius 3 is 2.28 bits per heavy atom. The molecule has 0 aliphatic rings. The molecule has 1 heterocycles. The molecule has 0 saturated heterocycles. The van der Waals surface area contributed by atoms with Crippen LogP contribution in [0.4, 0.5) is 0 Å². The summed E-state index contributed by atoms with van der Waals surface area (Å²) in [5.41, 5.74) is 18.1. The maximum Gasteiger partial charge on any atom is 0.310 e. The highest BCUT2D eigenvalue weighted by Gasteiger charge is 2.13.